The number of nitrogens with zero attached hydrogens (tertiary/aromatic N) is 1. The molecule has 1 aliphatic carbocycles. The lowest BCUT2D eigenvalue weighted by atomic mass is 9.95. The highest BCUT2D eigenvalue weighted by Crippen LogP contribution is 2.33. The van der Waals surface area contributed by atoms with Gasteiger partial charge in [-0.25, -0.2) is 0 Å². The first kappa shape index (κ1) is 11.4. The molecule has 0 N–H and O–H groups in total. The van der Waals surface area contributed by atoms with Crippen molar-refractivity contribution in [3.63, 3.8) is 0 Å². The minimum atomic E-state index is -0.0950. The van der Waals surface area contributed by atoms with Gasteiger partial charge in [-0.15, -0.1) is 0 Å². The van der Waals surface area contributed by atoms with E-state index in [4.69, 9.17) is 11.6 Å². The monoisotopic (exact) mass is 257 g/mol. The van der Waals surface area contributed by atoms with Gasteiger partial charge in [0, 0.05) is 16.8 Å². The van der Waals surface area contributed by atoms with Crippen LogP contribution in [-0.2, 0) is 6.42 Å². The molecule has 1 unspecified atom stereocenters. The quantitative estimate of drug-likeness (QED) is 0.769. The number of carbonyl (C=O) groups excluding carboxylic acids is 1. The van der Waals surface area contributed by atoms with Crippen molar-refractivity contribution in [2.75, 3.05) is 0 Å². The van der Waals surface area contributed by atoms with Crippen LogP contribution < -0.4 is 0 Å². The van der Waals surface area contributed by atoms with Crippen LogP contribution in [0.5, 0.6) is 0 Å². The summed E-state index contributed by atoms with van der Waals surface area (Å²) in [6.45, 7) is 0. The zero-order valence-corrected chi connectivity index (χ0v) is 10.5. The van der Waals surface area contributed by atoms with E-state index < -0.39 is 0 Å². The number of halogens is 1. The highest BCUT2D eigenvalue weighted by Gasteiger charge is 2.30. The van der Waals surface area contributed by atoms with Gasteiger partial charge < -0.3 is 0 Å². The van der Waals surface area contributed by atoms with Gasteiger partial charge in [0.1, 0.15) is 0 Å². The van der Waals surface area contributed by atoms with Crippen molar-refractivity contribution < 1.29 is 4.79 Å². The maximum Gasteiger partial charge on any atom is 0.171 e. The number of aryl methyl sites for hydroxylation is 1. The van der Waals surface area contributed by atoms with Crippen LogP contribution >= 0.6 is 11.6 Å². The molecule has 3 heteroatoms. The van der Waals surface area contributed by atoms with Gasteiger partial charge in [-0.2, -0.15) is 0 Å². The Morgan fingerprint density at radius 2 is 2.00 bits per heavy atom. The van der Waals surface area contributed by atoms with Crippen molar-refractivity contribution >= 4 is 17.4 Å². The molecular weight excluding hydrogens is 246 g/mol. The predicted molar refractivity (Wildman–Crippen MR) is 71.1 cm³/mol. The Bertz CT molecular complexity index is 592. The molecule has 0 aliphatic heterocycles. The number of aromatic nitrogens is 1. The molecule has 3 rings (SSSR count). The van der Waals surface area contributed by atoms with Gasteiger partial charge in [-0.1, -0.05) is 17.7 Å². The van der Waals surface area contributed by atoms with Crippen LogP contribution in [0.4, 0.5) is 0 Å². The lowest BCUT2D eigenvalue weighted by Crippen LogP contribution is -2.11. The zero-order chi connectivity index (χ0) is 12.5. The second-order valence-electron chi connectivity index (χ2n) is 4.51. The fourth-order valence-electron chi connectivity index (χ4n) is 2.48. The molecule has 1 aromatic carbocycles. The Labute approximate surface area is 111 Å². The molecule has 0 saturated heterocycles. The molecule has 1 aromatic heterocycles. The van der Waals surface area contributed by atoms with Gasteiger partial charge in [-0.05, 0) is 48.7 Å². The summed E-state index contributed by atoms with van der Waals surface area (Å²) < 4.78 is 0. The van der Waals surface area contributed by atoms with Crippen molar-refractivity contribution in [3.05, 3.63) is 64.4 Å². The van der Waals surface area contributed by atoms with E-state index in [2.05, 4.69) is 11.1 Å². The van der Waals surface area contributed by atoms with Crippen LogP contribution in [0.1, 0.15) is 34.0 Å². The third-order valence-corrected chi connectivity index (χ3v) is 3.66. The smallest absolute Gasteiger partial charge is 0.171 e. The van der Waals surface area contributed by atoms with Gasteiger partial charge in [0.2, 0.25) is 0 Å². The maximum atomic E-state index is 12.4. The molecule has 90 valence electrons. The molecule has 0 saturated carbocycles. The largest absolute Gasteiger partial charge is 0.293 e. The Morgan fingerprint density at radius 3 is 2.78 bits per heavy atom. The molecule has 0 radical (unpaired) electrons. The minimum Gasteiger partial charge on any atom is -0.293 e. The van der Waals surface area contributed by atoms with Crippen LogP contribution in [0.15, 0.2) is 42.6 Å². The number of hydrogen-bond acceptors (Lipinski definition) is 2. The molecule has 0 fully saturated rings. The van der Waals surface area contributed by atoms with Crippen LogP contribution in [0, 0.1) is 0 Å². The number of rotatable bonds is 2. The van der Waals surface area contributed by atoms with Crippen LogP contribution in [0.3, 0.4) is 0 Å². The van der Waals surface area contributed by atoms with E-state index >= 15 is 0 Å². The summed E-state index contributed by atoms with van der Waals surface area (Å²) in [6, 6.07) is 11.1. The summed E-state index contributed by atoms with van der Waals surface area (Å²) in [5, 5.41) is 0.650. The molecule has 2 aromatic rings. The summed E-state index contributed by atoms with van der Waals surface area (Å²) in [7, 11) is 0. The third kappa shape index (κ3) is 1.93. The predicted octanol–water partition coefficient (Wildman–Crippen LogP) is 3.65. The van der Waals surface area contributed by atoms with E-state index in [1.165, 1.54) is 5.56 Å². The average Bonchev–Trinajstić information content (AvgIpc) is 2.82. The van der Waals surface area contributed by atoms with Gasteiger partial charge in [-0.3, -0.25) is 9.78 Å². The highest BCUT2D eigenvalue weighted by molar-refractivity contribution is 6.30. The van der Waals surface area contributed by atoms with Crippen LogP contribution in [0.25, 0.3) is 0 Å². The Kier molecular flexibility index (Phi) is 2.88. The summed E-state index contributed by atoms with van der Waals surface area (Å²) in [4.78, 5) is 16.8. The van der Waals surface area contributed by atoms with E-state index in [1.807, 2.05) is 6.07 Å². The van der Waals surface area contributed by atoms with Crippen molar-refractivity contribution in [2.24, 2.45) is 0 Å². The van der Waals surface area contributed by atoms with Gasteiger partial charge in [0.05, 0.1) is 11.6 Å². The van der Waals surface area contributed by atoms with Gasteiger partial charge in [0.15, 0.2) is 5.78 Å². The van der Waals surface area contributed by atoms with Gasteiger partial charge in [0.25, 0.3) is 0 Å². The molecule has 1 aliphatic rings. The first-order valence-electron chi connectivity index (χ1n) is 5.99. The van der Waals surface area contributed by atoms with Crippen molar-refractivity contribution in [3.8, 4) is 0 Å². The standard InChI is InChI=1S/C15H12ClNO/c16-12-6-3-11(4-7-12)15(18)13-8-5-10-2-1-9-17-14(10)13/h1-4,6-7,9,13H,5,8H2. The molecule has 0 spiro atoms. The Balaban J connectivity index is 1.93. The van der Waals surface area contributed by atoms with E-state index in [0.717, 1.165) is 18.5 Å². The zero-order valence-electron chi connectivity index (χ0n) is 9.77. The topological polar surface area (TPSA) is 30.0 Å². The third-order valence-electron chi connectivity index (χ3n) is 3.40. The van der Waals surface area contributed by atoms with Gasteiger partial charge >= 0.3 is 0 Å². The number of fused-ring (bicyclic) bond motifs is 1. The average molecular weight is 258 g/mol. The van der Waals surface area contributed by atoms with Crippen LogP contribution in [-0.4, -0.2) is 10.8 Å². The summed E-state index contributed by atoms with van der Waals surface area (Å²) in [5.74, 6) is 0.0477. The van der Waals surface area contributed by atoms with Crippen molar-refractivity contribution in [1.82, 2.24) is 4.98 Å². The maximum absolute atomic E-state index is 12.4. The van der Waals surface area contributed by atoms with Crippen molar-refractivity contribution in [1.29, 1.82) is 0 Å². The van der Waals surface area contributed by atoms with E-state index in [-0.39, 0.29) is 11.7 Å². The minimum absolute atomic E-state index is 0.0950. The normalized spacial score (nSPS) is 17.5. The number of Topliss-reactive ketones (excluding diaryl/α,β-unsaturated/α-hetero) is 1. The number of hydrogen-bond donors (Lipinski definition) is 0. The number of pyridine rings is 1. The molecule has 1 heterocycles. The van der Waals surface area contributed by atoms with E-state index in [1.54, 1.807) is 30.5 Å². The molecule has 2 nitrogen and oxygen atoms in total. The Morgan fingerprint density at radius 1 is 1.22 bits per heavy atom. The fraction of sp³-hybridized carbons (Fsp3) is 0.200. The Hall–Kier alpha value is -1.67. The molecular formula is C15H12ClNO. The first-order chi connectivity index (χ1) is 8.75. The second-order valence-corrected chi connectivity index (χ2v) is 4.95. The lowest BCUT2D eigenvalue weighted by molar-refractivity contribution is 0.0958. The van der Waals surface area contributed by atoms with E-state index in [9.17, 15) is 4.79 Å². The van der Waals surface area contributed by atoms with Crippen LogP contribution in [0.2, 0.25) is 5.02 Å². The molecule has 18 heavy (non-hydrogen) atoms. The lowest BCUT2D eigenvalue weighted by Gasteiger charge is -2.09. The summed E-state index contributed by atoms with van der Waals surface area (Å²) in [5.41, 5.74) is 2.85. The molecule has 0 bridgehead atoms. The molecule has 0 amide bonds. The fourth-order valence-corrected chi connectivity index (χ4v) is 2.61. The number of carbonyl (C=O) groups is 1. The SMILES string of the molecule is O=C(c1ccc(Cl)cc1)C1CCc2cccnc21. The second kappa shape index (κ2) is 4.54. The van der Waals surface area contributed by atoms with Crippen molar-refractivity contribution in [2.45, 2.75) is 18.8 Å². The highest BCUT2D eigenvalue weighted by atomic mass is 35.5. The van der Waals surface area contributed by atoms with E-state index in [0.29, 0.717) is 10.6 Å². The molecule has 1 atom stereocenters. The summed E-state index contributed by atoms with van der Waals surface area (Å²) in [6.07, 6.45) is 3.55. The number of ketones is 1. The first-order valence-corrected chi connectivity index (χ1v) is 6.37. The number of benzene rings is 1. The summed E-state index contributed by atoms with van der Waals surface area (Å²) >= 11 is 5.83.